The lowest BCUT2D eigenvalue weighted by Gasteiger charge is -2.30. The molecular formula is C11H19N3O2. The van der Waals surface area contributed by atoms with E-state index in [1.807, 2.05) is 18.7 Å². The van der Waals surface area contributed by atoms with E-state index in [9.17, 15) is 4.79 Å². The molecule has 1 atom stereocenters. The molecule has 1 aliphatic heterocycles. The van der Waals surface area contributed by atoms with Gasteiger partial charge in [-0.1, -0.05) is 0 Å². The van der Waals surface area contributed by atoms with Gasteiger partial charge in [-0.05, 0) is 13.8 Å². The van der Waals surface area contributed by atoms with Crippen molar-refractivity contribution < 1.29 is 9.53 Å². The zero-order valence-corrected chi connectivity index (χ0v) is 9.98. The molecule has 0 aromatic carbocycles. The number of likely N-dealkylation sites (N-methyl/N-ethyl adjacent to an activating group) is 1. The van der Waals surface area contributed by atoms with Gasteiger partial charge in [0.15, 0.2) is 6.10 Å². The second-order valence-electron chi connectivity index (χ2n) is 3.79. The van der Waals surface area contributed by atoms with Gasteiger partial charge in [-0.15, -0.1) is 0 Å². The Labute approximate surface area is 96.6 Å². The van der Waals surface area contributed by atoms with Gasteiger partial charge in [0.1, 0.15) is 0 Å². The minimum atomic E-state index is -0.391. The quantitative estimate of drug-likeness (QED) is 0.680. The summed E-state index contributed by atoms with van der Waals surface area (Å²) in [7, 11) is 0. The molecular weight excluding hydrogens is 206 g/mol. The van der Waals surface area contributed by atoms with E-state index in [-0.39, 0.29) is 5.91 Å². The number of morpholine rings is 1. The van der Waals surface area contributed by atoms with Gasteiger partial charge in [-0.2, -0.15) is 5.26 Å². The van der Waals surface area contributed by atoms with Crippen LogP contribution in [0.25, 0.3) is 0 Å². The lowest BCUT2D eigenvalue weighted by Crippen LogP contribution is -2.47. The summed E-state index contributed by atoms with van der Waals surface area (Å²) in [6.07, 6.45) is -0.391. The maximum atomic E-state index is 11.8. The third-order valence-electron chi connectivity index (χ3n) is 2.77. The van der Waals surface area contributed by atoms with Crippen molar-refractivity contribution in [2.24, 2.45) is 0 Å². The molecule has 0 saturated carbocycles. The van der Waals surface area contributed by atoms with E-state index in [1.165, 1.54) is 0 Å². The summed E-state index contributed by atoms with van der Waals surface area (Å²) in [5.74, 6) is 0.128. The van der Waals surface area contributed by atoms with Crippen LogP contribution >= 0.6 is 0 Å². The van der Waals surface area contributed by atoms with E-state index in [4.69, 9.17) is 10.00 Å². The number of nitriles is 1. The number of rotatable bonds is 4. The molecule has 1 unspecified atom stereocenters. The molecule has 1 heterocycles. The molecule has 5 heteroatoms. The van der Waals surface area contributed by atoms with Crippen LogP contribution in [0.1, 0.15) is 13.8 Å². The van der Waals surface area contributed by atoms with E-state index < -0.39 is 6.10 Å². The maximum Gasteiger partial charge on any atom is 0.236 e. The van der Waals surface area contributed by atoms with Crippen molar-refractivity contribution in [3.8, 4) is 6.07 Å². The Balaban J connectivity index is 2.41. The highest BCUT2D eigenvalue weighted by molar-refractivity contribution is 5.78. The molecule has 1 saturated heterocycles. The number of hydrogen-bond acceptors (Lipinski definition) is 4. The Morgan fingerprint density at radius 2 is 2.25 bits per heavy atom. The van der Waals surface area contributed by atoms with Crippen molar-refractivity contribution in [1.82, 2.24) is 9.80 Å². The van der Waals surface area contributed by atoms with E-state index in [0.717, 1.165) is 19.6 Å². The number of carbonyl (C=O) groups is 1. The fraction of sp³-hybridized carbons (Fsp3) is 0.818. The third kappa shape index (κ3) is 3.47. The van der Waals surface area contributed by atoms with Crippen molar-refractivity contribution in [2.75, 3.05) is 39.3 Å². The average molecular weight is 225 g/mol. The molecule has 1 amide bonds. The highest BCUT2D eigenvalue weighted by Crippen LogP contribution is 2.04. The van der Waals surface area contributed by atoms with Crippen LogP contribution in [0.5, 0.6) is 0 Å². The normalized spacial score (nSPS) is 21.4. The summed E-state index contributed by atoms with van der Waals surface area (Å²) < 4.78 is 5.22. The first-order chi connectivity index (χ1) is 7.71. The third-order valence-corrected chi connectivity index (χ3v) is 2.77. The summed E-state index contributed by atoms with van der Waals surface area (Å²) >= 11 is 0. The van der Waals surface area contributed by atoms with Crippen LogP contribution in [0.15, 0.2) is 0 Å². The Hall–Kier alpha value is -1.12. The van der Waals surface area contributed by atoms with Crippen molar-refractivity contribution >= 4 is 5.91 Å². The van der Waals surface area contributed by atoms with E-state index in [0.29, 0.717) is 19.7 Å². The minimum absolute atomic E-state index is 0.128. The molecule has 0 aromatic rings. The van der Waals surface area contributed by atoms with Gasteiger partial charge in [-0.3, -0.25) is 9.69 Å². The van der Waals surface area contributed by atoms with Crippen molar-refractivity contribution in [3.63, 3.8) is 0 Å². The standard InChI is InChI=1S/C11H19N3O2/c1-3-14(4-2)11(15)9-13-5-6-16-10(7-12)8-13/h10H,3-6,8-9H2,1-2H3. The van der Waals surface area contributed by atoms with Crippen LogP contribution in [0.2, 0.25) is 0 Å². The molecule has 16 heavy (non-hydrogen) atoms. The zero-order valence-electron chi connectivity index (χ0n) is 9.98. The number of hydrogen-bond donors (Lipinski definition) is 0. The fourth-order valence-electron chi connectivity index (χ4n) is 1.79. The summed E-state index contributed by atoms with van der Waals surface area (Å²) in [4.78, 5) is 15.6. The first kappa shape index (κ1) is 12.9. The lowest BCUT2D eigenvalue weighted by atomic mass is 10.3. The Kier molecular flexibility index (Phi) is 5.23. The second kappa shape index (κ2) is 6.46. The highest BCUT2D eigenvalue weighted by Gasteiger charge is 2.22. The second-order valence-corrected chi connectivity index (χ2v) is 3.79. The molecule has 0 spiro atoms. The van der Waals surface area contributed by atoms with Gasteiger partial charge in [0.2, 0.25) is 5.91 Å². The molecule has 90 valence electrons. The van der Waals surface area contributed by atoms with Crippen LogP contribution < -0.4 is 0 Å². The number of amides is 1. The first-order valence-corrected chi connectivity index (χ1v) is 5.72. The molecule has 0 aromatic heterocycles. The van der Waals surface area contributed by atoms with Crippen LogP contribution in [0.3, 0.4) is 0 Å². The van der Waals surface area contributed by atoms with Crippen LogP contribution in [-0.4, -0.2) is 61.1 Å². The number of ether oxygens (including phenoxy) is 1. The van der Waals surface area contributed by atoms with Crippen LogP contribution in [-0.2, 0) is 9.53 Å². The summed E-state index contributed by atoms with van der Waals surface area (Å²) in [5, 5.41) is 8.75. The monoisotopic (exact) mass is 225 g/mol. The summed E-state index contributed by atoms with van der Waals surface area (Å²) in [6, 6.07) is 2.08. The molecule has 0 aliphatic carbocycles. The maximum absolute atomic E-state index is 11.8. The van der Waals surface area contributed by atoms with Gasteiger partial charge in [0.05, 0.1) is 19.2 Å². The smallest absolute Gasteiger partial charge is 0.236 e. The minimum Gasteiger partial charge on any atom is -0.361 e. The molecule has 1 rings (SSSR count). The molecule has 1 fully saturated rings. The topological polar surface area (TPSA) is 56.6 Å². The highest BCUT2D eigenvalue weighted by atomic mass is 16.5. The molecule has 5 nitrogen and oxygen atoms in total. The van der Waals surface area contributed by atoms with Gasteiger partial charge in [-0.25, -0.2) is 0 Å². The number of carbonyl (C=O) groups excluding carboxylic acids is 1. The predicted octanol–water partition coefficient (Wildman–Crippen LogP) is 0.0792. The van der Waals surface area contributed by atoms with Crippen molar-refractivity contribution in [2.45, 2.75) is 20.0 Å². The predicted molar refractivity (Wildman–Crippen MR) is 59.7 cm³/mol. The van der Waals surface area contributed by atoms with E-state index in [1.54, 1.807) is 4.90 Å². The van der Waals surface area contributed by atoms with E-state index in [2.05, 4.69) is 6.07 Å². The Morgan fingerprint density at radius 1 is 1.56 bits per heavy atom. The fourth-order valence-corrected chi connectivity index (χ4v) is 1.79. The van der Waals surface area contributed by atoms with Gasteiger partial charge in [0, 0.05) is 26.2 Å². The Morgan fingerprint density at radius 3 is 2.81 bits per heavy atom. The summed E-state index contributed by atoms with van der Waals surface area (Å²) in [6.45, 7) is 7.60. The van der Waals surface area contributed by atoms with Crippen LogP contribution in [0, 0.1) is 11.3 Å². The van der Waals surface area contributed by atoms with Crippen molar-refractivity contribution in [3.05, 3.63) is 0 Å². The van der Waals surface area contributed by atoms with Crippen LogP contribution in [0.4, 0.5) is 0 Å². The van der Waals surface area contributed by atoms with Crippen molar-refractivity contribution in [1.29, 1.82) is 5.26 Å². The van der Waals surface area contributed by atoms with Gasteiger partial charge in [0.25, 0.3) is 0 Å². The van der Waals surface area contributed by atoms with Gasteiger partial charge < -0.3 is 9.64 Å². The molecule has 0 N–H and O–H groups in total. The lowest BCUT2D eigenvalue weighted by molar-refractivity contribution is -0.133. The molecule has 1 aliphatic rings. The number of nitrogens with zero attached hydrogens (tertiary/aromatic N) is 3. The molecule has 0 bridgehead atoms. The summed E-state index contributed by atoms with van der Waals surface area (Å²) in [5.41, 5.74) is 0. The Bertz CT molecular complexity index is 271. The first-order valence-electron chi connectivity index (χ1n) is 5.72. The zero-order chi connectivity index (χ0) is 12.0. The average Bonchev–Trinajstić information content (AvgIpc) is 2.31. The SMILES string of the molecule is CCN(CC)C(=O)CN1CCOC(C#N)C1. The molecule has 0 radical (unpaired) electrons. The van der Waals surface area contributed by atoms with Gasteiger partial charge >= 0.3 is 0 Å². The van der Waals surface area contributed by atoms with E-state index >= 15 is 0 Å². The largest absolute Gasteiger partial charge is 0.361 e.